The zero-order chi connectivity index (χ0) is 15.5. The van der Waals surface area contributed by atoms with Gasteiger partial charge in [-0.2, -0.15) is 0 Å². The molecule has 0 aliphatic rings. The molecule has 0 amide bonds. The van der Waals surface area contributed by atoms with Gasteiger partial charge in [-0.3, -0.25) is 4.98 Å². The summed E-state index contributed by atoms with van der Waals surface area (Å²) in [5.41, 5.74) is 7.09. The summed E-state index contributed by atoms with van der Waals surface area (Å²) in [6.07, 6.45) is 1.79. The third-order valence-corrected chi connectivity index (χ3v) is 3.92. The number of methoxy groups -OCH3 is 1. The third kappa shape index (κ3) is 2.60. The van der Waals surface area contributed by atoms with Crippen LogP contribution in [0.2, 0.25) is 0 Å². The first-order chi connectivity index (χ1) is 10.7. The van der Waals surface area contributed by atoms with Crippen LogP contribution < -0.4 is 4.74 Å². The lowest BCUT2D eigenvalue weighted by atomic mass is 9.91. The van der Waals surface area contributed by atoms with E-state index in [9.17, 15) is 0 Å². The molecule has 2 aromatic carbocycles. The zero-order valence-electron chi connectivity index (χ0n) is 13.1. The van der Waals surface area contributed by atoms with Crippen molar-refractivity contribution in [2.75, 3.05) is 7.11 Å². The number of hydrogen-bond donors (Lipinski definition) is 0. The van der Waals surface area contributed by atoms with E-state index in [0.717, 1.165) is 17.0 Å². The molecule has 0 spiro atoms. The van der Waals surface area contributed by atoms with Crippen molar-refractivity contribution >= 4 is 0 Å². The van der Waals surface area contributed by atoms with E-state index in [1.54, 1.807) is 13.3 Å². The lowest BCUT2D eigenvalue weighted by molar-refractivity contribution is 0.414. The molecule has 2 nitrogen and oxygen atoms in total. The fraction of sp³-hybridized carbons (Fsp3) is 0.150. The smallest absolute Gasteiger partial charge is 0.122 e. The zero-order valence-corrected chi connectivity index (χ0v) is 13.1. The monoisotopic (exact) mass is 289 g/mol. The van der Waals surface area contributed by atoms with E-state index in [2.05, 4.69) is 55.2 Å². The molecule has 0 unspecified atom stereocenters. The van der Waals surface area contributed by atoms with Gasteiger partial charge in [0.25, 0.3) is 0 Å². The van der Waals surface area contributed by atoms with E-state index in [0.29, 0.717) is 0 Å². The number of aryl methyl sites for hydroxylation is 2. The number of nitrogens with zero attached hydrogens (tertiary/aromatic N) is 1. The summed E-state index contributed by atoms with van der Waals surface area (Å²) in [6.45, 7) is 4.30. The van der Waals surface area contributed by atoms with E-state index in [-0.39, 0.29) is 0 Å². The molecule has 3 aromatic rings. The Morgan fingerprint density at radius 3 is 2.18 bits per heavy atom. The van der Waals surface area contributed by atoms with E-state index in [1.165, 1.54) is 22.3 Å². The topological polar surface area (TPSA) is 22.1 Å². The minimum Gasteiger partial charge on any atom is -0.497 e. The number of aromatic nitrogens is 1. The summed E-state index contributed by atoms with van der Waals surface area (Å²) in [6, 6.07) is 18.6. The Hall–Kier alpha value is -2.61. The van der Waals surface area contributed by atoms with Crippen LogP contribution in [-0.4, -0.2) is 12.1 Å². The van der Waals surface area contributed by atoms with Crippen molar-refractivity contribution in [3.8, 4) is 28.1 Å². The van der Waals surface area contributed by atoms with Crippen LogP contribution in [0.1, 0.15) is 11.1 Å². The van der Waals surface area contributed by atoms with Crippen LogP contribution in [0.3, 0.4) is 0 Å². The lowest BCUT2D eigenvalue weighted by Gasteiger charge is -2.14. The summed E-state index contributed by atoms with van der Waals surface area (Å²) in [4.78, 5) is 4.52. The summed E-state index contributed by atoms with van der Waals surface area (Å²) in [7, 11) is 1.68. The van der Waals surface area contributed by atoms with Crippen LogP contribution in [0.4, 0.5) is 0 Å². The van der Waals surface area contributed by atoms with Gasteiger partial charge in [-0.1, -0.05) is 42.5 Å². The summed E-state index contributed by atoms with van der Waals surface area (Å²) in [5.74, 6) is 0.821. The van der Waals surface area contributed by atoms with Crippen LogP contribution in [0.5, 0.6) is 5.75 Å². The van der Waals surface area contributed by atoms with E-state index in [4.69, 9.17) is 4.74 Å². The fourth-order valence-electron chi connectivity index (χ4n) is 2.85. The Morgan fingerprint density at radius 1 is 0.818 bits per heavy atom. The van der Waals surface area contributed by atoms with Crippen LogP contribution in [0.25, 0.3) is 22.4 Å². The van der Waals surface area contributed by atoms with Gasteiger partial charge in [0.05, 0.1) is 12.8 Å². The molecule has 0 saturated carbocycles. The van der Waals surface area contributed by atoms with E-state index >= 15 is 0 Å². The number of ether oxygens (including phenoxy) is 1. The molecule has 1 aromatic heterocycles. The van der Waals surface area contributed by atoms with Gasteiger partial charge in [0.1, 0.15) is 5.75 Å². The minimum absolute atomic E-state index is 0.821. The van der Waals surface area contributed by atoms with Crippen LogP contribution in [-0.2, 0) is 0 Å². The maximum Gasteiger partial charge on any atom is 0.122 e. The maximum atomic E-state index is 5.33. The van der Waals surface area contributed by atoms with Gasteiger partial charge in [-0.25, -0.2) is 0 Å². The highest BCUT2D eigenvalue weighted by molar-refractivity contribution is 5.85. The number of benzene rings is 2. The molecule has 0 fully saturated rings. The SMILES string of the molecule is COc1ccnc(-c2ccccc2-c2c(C)cccc2C)c1. The van der Waals surface area contributed by atoms with Gasteiger partial charge in [-0.05, 0) is 42.2 Å². The average molecular weight is 289 g/mol. The van der Waals surface area contributed by atoms with Crippen molar-refractivity contribution in [2.24, 2.45) is 0 Å². The summed E-state index contributed by atoms with van der Waals surface area (Å²) in [5, 5.41) is 0. The van der Waals surface area contributed by atoms with Crippen molar-refractivity contribution in [3.63, 3.8) is 0 Å². The molecule has 0 bridgehead atoms. The quantitative estimate of drug-likeness (QED) is 0.674. The van der Waals surface area contributed by atoms with Crippen LogP contribution in [0.15, 0.2) is 60.8 Å². The highest BCUT2D eigenvalue weighted by atomic mass is 16.5. The van der Waals surface area contributed by atoms with Gasteiger partial charge >= 0.3 is 0 Å². The van der Waals surface area contributed by atoms with E-state index < -0.39 is 0 Å². The number of pyridine rings is 1. The molecule has 0 radical (unpaired) electrons. The van der Waals surface area contributed by atoms with Crippen LogP contribution >= 0.6 is 0 Å². The van der Waals surface area contributed by atoms with Crippen molar-refractivity contribution in [1.29, 1.82) is 0 Å². The van der Waals surface area contributed by atoms with Gasteiger partial charge in [0.15, 0.2) is 0 Å². The molecular formula is C20H19NO. The molecule has 2 heteroatoms. The Balaban J connectivity index is 2.23. The first-order valence-electron chi connectivity index (χ1n) is 7.36. The van der Waals surface area contributed by atoms with Crippen molar-refractivity contribution in [3.05, 3.63) is 71.9 Å². The Morgan fingerprint density at radius 2 is 1.50 bits per heavy atom. The predicted molar refractivity (Wildman–Crippen MR) is 91.1 cm³/mol. The largest absolute Gasteiger partial charge is 0.497 e. The third-order valence-electron chi connectivity index (χ3n) is 3.92. The van der Waals surface area contributed by atoms with Gasteiger partial charge in [0.2, 0.25) is 0 Å². The van der Waals surface area contributed by atoms with Gasteiger partial charge < -0.3 is 4.74 Å². The van der Waals surface area contributed by atoms with Gasteiger partial charge in [0, 0.05) is 17.8 Å². The predicted octanol–water partition coefficient (Wildman–Crippen LogP) is 5.04. The van der Waals surface area contributed by atoms with Crippen LogP contribution in [0, 0.1) is 13.8 Å². The molecular weight excluding hydrogens is 270 g/mol. The van der Waals surface area contributed by atoms with Crippen molar-refractivity contribution in [2.45, 2.75) is 13.8 Å². The van der Waals surface area contributed by atoms with Crippen molar-refractivity contribution in [1.82, 2.24) is 4.98 Å². The average Bonchev–Trinajstić information content (AvgIpc) is 2.55. The van der Waals surface area contributed by atoms with E-state index in [1.807, 2.05) is 18.2 Å². The Bertz CT molecular complexity index is 788. The summed E-state index contributed by atoms with van der Waals surface area (Å²) >= 11 is 0. The Labute approximate surface area is 131 Å². The Kier molecular flexibility index (Phi) is 3.92. The van der Waals surface area contributed by atoms with Gasteiger partial charge in [-0.15, -0.1) is 0 Å². The normalized spacial score (nSPS) is 10.5. The molecule has 1 heterocycles. The number of hydrogen-bond acceptors (Lipinski definition) is 2. The highest BCUT2D eigenvalue weighted by Crippen LogP contribution is 2.35. The molecule has 0 aliphatic heterocycles. The molecule has 0 aliphatic carbocycles. The first kappa shape index (κ1) is 14.3. The summed E-state index contributed by atoms with van der Waals surface area (Å²) < 4.78 is 5.33. The molecule has 22 heavy (non-hydrogen) atoms. The molecule has 0 N–H and O–H groups in total. The molecule has 0 saturated heterocycles. The molecule has 0 atom stereocenters. The minimum atomic E-state index is 0.821. The molecule has 110 valence electrons. The lowest BCUT2D eigenvalue weighted by Crippen LogP contribution is -1.93. The first-order valence-corrected chi connectivity index (χ1v) is 7.36. The molecule has 3 rings (SSSR count). The highest BCUT2D eigenvalue weighted by Gasteiger charge is 2.12. The fourth-order valence-corrected chi connectivity index (χ4v) is 2.85. The standard InChI is InChI=1S/C20H19NO/c1-14-7-6-8-15(2)20(14)18-10-5-4-9-17(18)19-13-16(22-3)11-12-21-19/h4-13H,1-3H3. The second-order valence-corrected chi connectivity index (χ2v) is 5.39. The second-order valence-electron chi connectivity index (χ2n) is 5.39. The second kappa shape index (κ2) is 6.02. The van der Waals surface area contributed by atoms with Crippen molar-refractivity contribution < 1.29 is 4.74 Å². The number of rotatable bonds is 3. The maximum absolute atomic E-state index is 5.33.